The quantitative estimate of drug-likeness (QED) is 0.0269. The summed E-state index contributed by atoms with van der Waals surface area (Å²) >= 11 is 0. The van der Waals surface area contributed by atoms with Gasteiger partial charge in [0.05, 0.1) is 33.2 Å². The van der Waals surface area contributed by atoms with Gasteiger partial charge < -0.3 is 43.1 Å². The van der Waals surface area contributed by atoms with Crippen LogP contribution in [-0.4, -0.2) is 95.5 Å². The summed E-state index contributed by atoms with van der Waals surface area (Å²) in [6.07, 6.45) is 4.16. The van der Waals surface area contributed by atoms with Crippen LogP contribution in [0.5, 0.6) is 0 Å². The molecule has 18 heteroatoms. The van der Waals surface area contributed by atoms with Gasteiger partial charge in [-0.25, -0.2) is 28.9 Å². The number of hydrogen-bond donors (Lipinski definition) is 0. The van der Waals surface area contributed by atoms with E-state index in [1.165, 1.54) is 39.0 Å². The predicted molar refractivity (Wildman–Crippen MR) is 254 cm³/mol. The lowest BCUT2D eigenvalue weighted by Crippen LogP contribution is -2.55. The van der Waals surface area contributed by atoms with Crippen LogP contribution in [-0.2, 0) is 57.2 Å². The third-order valence-corrected chi connectivity index (χ3v) is 9.41. The minimum absolute atomic E-state index is 0.195. The molecular formula is C51H48N6O12. The Morgan fingerprint density at radius 3 is 1.01 bits per heavy atom. The standard InChI is InChI=1S/C51H48N6O12/c1-34(2)46(58)64-21-24-67-49(61)40(30-52)27-37-9-15-41(16-10-37)55-31-56(42-17-11-38(12-18-42)28-44(53-7)50(62)68-25-22-65-47(59)35(3)4)33-57(32-55)43-19-13-39(14-20-43)29-45(54-8)51(63)69-26-23-66-48(60)36(5)6/h9-20,27-29H,1,3,5,21-26,31-33H2,2,4,6H3/b40-27+,44-28-,45-29-. The maximum absolute atomic E-state index is 12.6. The van der Waals surface area contributed by atoms with Gasteiger partial charge in [0.1, 0.15) is 51.3 Å². The molecule has 0 bridgehead atoms. The highest BCUT2D eigenvalue weighted by Gasteiger charge is 2.25. The van der Waals surface area contributed by atoms with Crippen LogP contribution in [0.15, 0.2) is 126 Å². The van der Waals surface area contributed by atoms with E-state index in [1.54, 1.807) is 36.4 Å². The summed E-state index contributed by atoms with van der Waals surface area (Å²) in [5.41, 5.74) is 3.78. The summed E-state index contributed by atoms with van der Waals surface area (Å²) in [6.45, 7) is 29.9. The van der Waals surface area contributed by atoms with Crippen molar-refractivity contribution in [2.45, 2.75) is 20.8 Å². The lowest BCUT2D eigenvalue weighted by Gasteiger charge is -2.45. The summed E-state index contributed by atoms with van der Waals surface area (Å²) in [5.74, 6) is -4.51. The minimum Gasteiger partial charge on any atom is -0.467 e. The predicted octanol–water partition coefficient (Wildman–Crippen LogP) is 6.81. The number of rotatable bonds is 21. The first kappa shape index (κ1) is 52.4. The van der Waals surface area contributed by atoms with E-state index in [2.05, 4.69) is 44.1 Å². The van der Waals surface area contributed by atoms with Gasteiger partial charge in [0.25, 0.3) is 11.4 Å². The van der Waals surface area contributed by atoms with Gasteiger partial charge in [0, 0.05) is 33.8 Å². The first-order chi connectivity index (χ1) is 33.0. The van der Waals surface area contributed by atoms with Crippen LogP contribution in [0, 0.1) is 24.5 Å². The molecule has 0 atom stereocenters. The zero-order chi connectivity index (χ0) is 50.5. The maximum Gasteiger partial charge on any atom is 0.349 e. The second-order valence-electron chi connectivity index (χ2n) is 14.9. The highest BCUT2D eigenvalue weighted by Crippen LogP contribution is 2.29. The number of anilines is 3. The van der Waals surface area contributed by atoms with Crippen molar-refractivity contribution in [3.05, 3.63) is 166 Å². The fourth-order valence-corrected chi connectivity index (χ4v) is 5.88. The molecule has 354 valence electrons. The number of esters is 6. The Labute approximate surface area is 399 Å². The fourth-order valence-electron chi connectivity index (χ4n) is 5.88. The van der Waals surface area contributed by atoms with Crippen LogP contribution in [0.2, 0.25) is 0 Å². The second kappa shape index (κ2) is 26.1. The number of carbonyl (C=O) groups is 6. The molecule has 0 aliphatic carbocycles. The number of nitrogens with zero attached hydrogens (tertiary/aromatic N) is 6. The first-order valence-corrected chi connectivity index (χ1v) is 20.9. The van der Waals surface area contributed by atoms with Gasteiger partial charge in [-0.1, -0.05) is 56.1 Å². The third-order valence-electron chi connectivity index (χ3n) is 9.41. The molecule has 69 heavy (non-hydrogen) atoms. The number of hydrogen-bond acceptors (Lipinski definition) is 16. The molecule has 0 spiro atoms. The zero-order valence-corrected chi connectivity index (χ0v) is 38.2. The van der Waals surface area contributed by atoms with Crippen molar-refractivity contribution in [1.82, 2.24) is 0 Å². The molecule has 0 radical (unpaired) electrons. The molecule has 1 aliphatic rings. The van der Waals surface area contributed by atoms with Gasteiger partial charge >= 0.3 is 35.8 Å². The summed E-state index contributed by atoms with van der Waals surface area (Å²) in [7, 11) is 0. The lowest BCUT2D eigenvalue weighted by molar-refractivity contribution is -0.147. The van der Waals surface area contributed by atoms with E-state index in [4.69, 9.17) is 41.6 Å². The van der Waals surface area contributed by atoms with Crippen molar-refractivity contribution in [1.29, 1.82) is 5.26 Å². The maximum atomic E-state index is 12.6. The molecule has 0 saturated carbocycles. The Kier molecular flexibility index (Phi) is 19.8. The van der Waals surface area contributed by atoms with Crippen molar-refractivity contribution in [2.75, 3.05) is 74.3 Å². The zero-order valence-electron chi connectivity index (χ0n) is 38.2. The first-order valence-electron chi connectivity index (χ1n) is 20.9. The fraction of sp³-hybridized carbons (Fsp3) is 0.235. The van der Waals surface area contributed by atoms with Crippen LogP contribution in [0.25, 0.3) is 27.9 Å². The van der Waals surface area contributed by atoms with Gasteiger partial charge in [-0.2, -0.15) is 5.26 Å². The van der Waals surface area contributed by atoms with E-state index in [0.29, 0.717) is 36.7 Å². The van der Waals surface area contributed by atoms with Crippen LogP contribution in [0.4, 0.5) is 17.1 Å². The van der Waals surface area contributed by atoms with Crippen molar-refractivity contribution >= 4 is 71.1 Å². The average Bonchev–Trinajstić information content (AvgIpc) is 3.35. The van der Waals surface area contributed by atoms with Crippen LogP contribution in [0.1, 0.15) is 37.5 Å². The number of carbonyl (C=O) groups excluding carboxylic acids is 6. The Hall–Kier alpha value is -9.21. The molecule has 1 aliphatic heterocycles. The topological polar surface area (TPSA) is 200 Å². The van der Waals surface area contributed by atoms with Gasteiger partial charge in [-0.05, 0) is 92.1 Å². The largest absolute Gasteiger partial charge is 0.467 e. The number of benzene rings is 3. The smallest absolute Gasteiger partial charge is 0.349 e. The monoisotopic (exact) mass is 936 g/mol. The normalized spacial score (nSPS) is 12.5. The van der Waals surface area contributed by atoms with Crippen molar-refractivity contribution in [2.24, 2.45) is 0 Å². The Morgan fingerprint density at radius 1 is 0.493 bits per heavy atom. The average molecular weight is 937 g/mol. The van der Waals surface area contributed by atoms with Gasteiger partial charge in [0.2, 0.25) is 0 Å². The Balaban J connectivity index is 1.55. The summed E-state index contributed by atoms with van der Waals surface area (Å²) in [4.78, 5) is 85.5. The van der Waals surface area contributed by atoms with E-state index in [-0.39, 0.29) is 73.3 Å². The van der Waals surface area contributed by atoms with E-state index in [1.807, 2.05) is 42.5 Å². The molecule has 0 amide bonds. The molecule has 1 saturated heterocycles. The molecule has 0 N–H and O–H groups in total. The summed E-state index contributed by atoms with van der Waals surface area (Å²) < 4.78 is 30.1. The molecule has 3 aromatic rings. The van der Waals surface area contributed by atoms with E-state index >= 15 is 0 Å². The second-order valence-corrected chi connectivity index (χ2v) is 14.9. The van der Waals surface area contributed by atoms with Gasteiger partial charge in [-0.3, -0.25) is 9.59 Å². The van der Waals surface area contributed by atoms with Crippen molar-refractivity contribution in [3.8, 4) is 6.07 Å². The summed E-state index contributed by atoms with van der Waals surface area (Å²) in [6, 6.07) is 23.3. The Bertz CT molecular complexity index is 2380. The SMILES string of the molecule is [C-]#[N+]/C(=C\c1ccc(N2CN(c3ccc(/C=C(\[N+]#[C-])C(=O)OCCOC(=O)C(=C)C)cc3)CN(c3ccc(/C=C(\C#N)C(=O)OCCOC(=O)C(=C)C)cc3)C2)cc1)C(=O)OCCOC(=O)C(=C)C. The summed E-state index contributed by atoms with van der Waals surface area (Å²) in [5, 5.41) is 9.70. The van der Waals surface area contributed by atoms with Gasteiger partial charge in [-0.15, -0.1) is 0 Å². The van der Waals surface area contributed by atoms with Crippen molar-refractivity contribution < 1.29 is 57.2 Å². The van der Waals surface area contributed by atoms with E-state index < -0.39 is 35.8 Å². The molecule has 0 aromatic heterocycles. The highest BCUT2D eigenvalue weighted by molar-refractivity contribution is 5.98. The molecule has 0 unspecified atom stereocenters. The van der Waals surface area contributed by atoms with E-state index in [9.17, 15) is 34.0 Å². The number of nitriles is 1. The van der Waals surface area contributed by atoms with Crippen LogP contribution >= 0.6 is 0 Å². The van der Waals surface area contributed by atoms with Crippen LogP contribution < -0.4 is 14.7 Å². The third kappa shape index (κ3) is 16.3. The molecule has 3 aromatic carbocycles. The van der Waals surface area contributed by atoms with E-state index in [0.717, 1.165) is 17.1 Å². The molecule has 18 nitrogen and oxygen atoms in total. The van der Waals surface area contributed by atoms with Crippen LogP contribution in [0.3, 0.4) is 0 Å². The minimum atomic E-state index is -0.883. The highest BCUT2D eigenvalue weighted by atomic mass is 16.6. The van der Waals surface area contributed by atoms with Crippen molar-refractivity contribution in [3.63, 3.8) is 0 Å². The molecular weight excluding hydrogens is 889 g/mol. The van der Waals surface area contributed by atoms with Gasteiger partial charge in [0.15, 0.2) is 0 Å². The number of ether oxygens (including phenoxy) is 6. The molecule has 1 heterocycles. The Morgan fingerprint density at radius 2 is 0.754 bits per heavy atom. The molecule has 1 fully saturated rings. The molecule has 4 rings (SSSR count). The lowest BCUT2D eigenvalue weighted by atomic mass is 10.1.